The summed E-state index contributed by atoms with van der Waals surface area (Å²) >= 11 is 1.62. The highest BCUT2D eigenvalue weighted by Gasteiger charge is 2.04. The van der Waals surface area contributed by atoms with Gasteiger partial charge in [0.05, 0.1) is 17.7 Å². The van der Waals surface area contributed by atoms with Gasteiger partial charge in [-0.05, 0) is 25.0 Å². The summed E-state index contributed by atoms with van der Waals surface area (Å²) in [6, 6.07) is 6.82. The third-order valence-corrected chi connectivity index (χ3v) is 4.06. The maximum atomic E-state index is 13.5. The molecular weight excluding hydrogens is 414 g/mol. The van der Waals surface area contributed by atoms with Crippen molar-refractivity contribution in [3.63, 3.8) is 0 Å². The molecule has 22 heavy (non-hydrogen) atoms. The van der Waals surface area contributed by atoms with Crippen molar-refractivity contribution < 1.29 is 4.39 Å². The first-order valence-corrected chi connectivity index (χ1v) is 7.65. The minimum atomic E-state index is -0.164. The molecule has 2 rings (SSSR count). The molecule has 0 fully saturated rings. The summed E-state index contributed by atoms with van der Waals surface area (Å²) in [6.45, 7) is 3.31. The molecule has 0 radical (unpaired) electrons. The van der Waals surface area contributed by atoms with Crippen LogP contribution >= 0.6 is 35.3 Å². The van der Waals surface area contributed by atoms with Crippen LogP contribution in [0.1, 0.15) is 16.1 Å². The number of aromatic nitrogens is 1. The predicted molar refractivity (Wildman–Crippen MR) is 101 cm³/mol. The summed E-state index contributed by atoms with van der Waals surface area (Å²) in [5.74, 6) is 0.543. The number of aryl methyl sites for hydroxylation is 1. The SMILES string of the molecule is CN=C(NCCc1ccccc1F)NCc1scnc1C.I. The monoisotopic (exact) mass is 434 g/mol. The highest BCUT2D eigenvalue weighted by molar-refractivity contribution is 14.0. The van der Waals surface area contributed by atoms with Crippen molar-refractivity contribution >= 4 is 41.3 Å². The zero-order valence-electron chi connectivity index (χ0n) is 12.6. The maximum Gasteiger partial charge on any atom is 0.191 e. The fourth-order valence-corrected chi connectivity index (χ4v) is 2.61. The van der Waals surface area contributed by atoms with Gasteiger partial charge in [-0.1, -0.05) is 18.2 Å². The van der Waals surface area contributed by atoms with Gasteiger partial charge in [-0.2, -0.15) is 0 Å². The van der Waals surface area contributed by atoms with Gasteiger partial charge < -0.3 is 10.6 Å². The Morgan fingerprint density at radius 1 is 1.32 bits per heavy atom. The maximum absolute atomic E-state index is 13.5. The van der Waals surface area contributed by atoms with Crippen molar-refractivity contribution in [1.82, 2.24) is 15.6 Å². The first kappa shape index (κ1) is 18.8. The molecule has 0 aliphatic rings. The lowest BCUT2D eigenvalue weighted by atomic mass is 10.1. The third-order valence-electron chi connectivity index (χ3n) is 3.13. The molecule has 2 N–H and O–H groups in total. The summed E-state index contributed by atoms with van der Waals surface area (Å²) < 4.78 is 13.5. The minimum absolute atomic E-state index is 0. The van der Waals surface area contributed by atoms with E-state index in [1.165, 1.54) is 10.9 Å². The van der Waals surface area contributed by atoms with Crippen molar-refractivity contribution in [2.24, 2.45) is 4.99 Å². The van der Waals surface area contributed by atoms with Gasteiger partial charge in [-0.15, -0.1) is 35.3 Å². The summed E-state index contributed by atoms with van der Waals surface area (Å²) in [5.41, 5.74) is 3.58. The van der Waals surface area contributed by atoms with Crippen LogP contribution in [0.4, 0.5) is 4.39 Å². The first-order valence-electron chi connectivity index (χ1n) is 6.77. The minimum Gasteiger partial charge on any atom is -0.356 e. The molecule has 0 bridgehead atoms. The van der Waals surface area contributed by atoms with E-state index in [1.807, 2.05) is 18.5 Å². The normalized spacial score (nSPS) is 11.0. The van der Waals surface area contributed by atoms with E-state index >= 15 is 0 Å². The zero-order valence-corrected chi connectivity index (χ0v) is 15.7. The summed E-state index contributed by atoms with van der Waals surface area (Å²) in [5, 5.41) is 6.41. The third kappa shape index (κ3) is 5.53. The van der Waals surface area contributed by atoms with E-state index in [1.54, 1.807) is 30.5 Å². The van der Waals surface area contributed by atoms with Crippen LogP contribution in [-0.4, -0.2) is 24.5 Å². The largest absolute Gasteiger partial charge is 0.356 e. The van der Waals surface area contributed by atoms with Gasteiger partial charge in [0.1, 0.15) is 5.82 Å². The van der Waals surface area contributed by atoms with Gasteiger partial charge in [-0.25, -0.2) is 9.37 Å². The Hall–Kier alpha value is -1.22. The summed E-state index contributed by atoms with van der Waals surface area (Å²) in [6.07, 6.45) is 0.618. The van der Waals surface area contributed by atoms with Gasteiger partial charge in [0.15, 0.2) is 5.96 Å². The van der Waals surface area contributed by atoms with Crippen LogP contribution in [0, 0.1) is 12.7 Å². The molecule has 0 unspecified atom stereocenters. The number of nitrogens with one attached hydrogen (secondary N) is 2. The highest BCUT2D eigenvalue weighted by atomic mass is 127. The Labute approximate surface area is 151 Å². The second-order valence-electron chi connectivity index (χ2n) is 4.55. The van der Waals surface area contributed by atoms with E-state index in [2.05, 4.69) is 20.6 Å². The number of benzene rings is 1. The Bertz CT molecular complexity index is 615. The smallest absolute Gasteiger partial charge is 0.191 e. The number of hydrogen-bond acceptors (Lipinski definition) is 3. The molecule has 0 aliphatic carbocycles. The Kier molecular flexibility index (Phi) is 8.32. The van der Waals surface area contributed by atoms with E-state index in [9.17, 15) is 4.39 Å². The quantitative estimate of drug-likeness (QED) is 0.432. The van der Waals surface area contributed by atoms with Gasteiger partial charge >= 0.3 is 0 Å². The summed E-state index contributed by atoms with van der Waals surface area (Å²) in [4.78, 5) is 9.55. The van der Waals surface area contributed by atoms with Crippen molar-refractivity contribution in [2.45, 2.75) is 19.9 Å². The number of rotatable bonds is 5. The molecule has 4 nitrogen and oxygen atoms in total. The predicted octanol–water partition coefficient (Wildman–Crippen LogP) is 3.12. The number of halogens is 2. The summed E-state index contributed by atoms with van der Waals surface area (Å²) in [7, 11) is 1.72. The van der Waals surface area contributed by atoms with Crippen molar-refractivity contribution in [3.8, 4) is 0 Å². The molecule has 0 saturated heterocycles. The van der Waals surface area contributed by atoms with Crippen molar-refractivity contribution in [1.29, 1.82) is 0 Å². The van der Waals surface area contributed by atoms with Crippen LogP contribution < -0.4 is 10.6 Å². The molecule has 1 heterocycles. The van der Waals surface area contributed by atoms with E-state index < -0.39 is 0 Å². The number of nitrogens with zero attached hydrogens (tertiary/aromatic N) is 2. The lowest BCUT2D eigenvalue weighted by Gasteiger charge is -2.11. The van der Waals surface area contributed by atoms with Gasteiger partial charge in [0, 0.05) is 18.5 Å². The highest BCUT2D eigenvalue weighted by Crippen LogP contribution is 2.11. The van der Waals surface area contributed by atoms with Crippen LogP contribution in [-0.2, 0) is 13.0 Å². The van der Waals surface area contributed by atoms with Gasteiger partial charge in [0.25, 0.3) is 0 Å². The Morgan fingerprint density at radius 2 is 2.09 bits per heavy atom. The molecule has 1 aromatic heterocycles. The molecule has 7 heteroatoms. The second kappa shape index (κ2) is 9.73. The molecule has 0 atom stereocenters. The van der Waals surface area contributed by atoms with E-state index in [0.717, 1.165) is 5.69 Å². The second-order valence-corrected chi connectivity index (χ2v) is 5.49. The molecule has 0 saturated carbocycles. The van der Waals surface area contributed by atoms with Crippen LogP contribution in [0.2, 0.25) is 0 Å². The Morgan fingerprint density at radius 3 is 2.73 bits per heavy atom. The molecule has 120 valence electrons. The van der Waals surface area contributed by atoms with Gasteiger partial charge in [0.2, 0.25) is 0 Å². The van der Waals surface area contributed by atoms with Crippen LogP contribution in [0.5, 0.6) is 0 Å². The van der Waals surface area contributed by atoms with E-state index in [-0.39, 0.29) is 29.8 Å². The van der Waals surface area contributed by atoms with E-state index in [4.69, 9.17) is 0 Å². The Balaban J connectivity index is 0.00000242. The fraction of sp³-hybridized carbons (Fsp3) is 0.333. The van der Waals surface area contributed by atoms with Crippen LogP contribution in [0.3, 0.4) is 0 Å². The molecule has 2 aromatic rings. The lowest BCUT2D eigenvalue weighted by Crippen LogP contribution is -2.37. The van der Waals surface area contributed by atoms with Crippen LogP contribution in [0.25, 0.3) is 0 Å². The molecule has 0 amide bonds. The van der Waals surface area contributed by atoms with Crippen molar-refractivity contribution in [2.75, 3.05) is 13.6 Å². The topological polar surface area (TPSA) is 49.3 Å². The van der Waals surface area contributed by atoms with Crippen LogP contribution in [0.15, 0.2) is 34.8 Å². The fourth-order valence-electron chi connectivity index (χ4n) is 1.90. The zero-order chi connectivity index (χ0) is 15.1. The molecule has 0 spiro atoms. The standard InChI is InChI=1S/C15H19FN4S.HI/c1-11-14(21-10-20-11)9-19-15(17-2)18-8-7-12-5-3-4-6-13(12)16;/h3-6,10H,7-9H2,1-2H3,(H2,17,18,19);1H. The van der Waals surface area contributed by atoms with Crippen molar-refractivity contribution in [3.05, 3.63) is 51.7 Å². The lowest BCUT2D eigenvalue weighted by molar-refractivity contribution is 0.606. The average molecular weight is 434 g/mol. The van der Waals surface area contributed by atoms with Gasteiger partial charge in [-0.3, -0.25) is 4.99 Å². The molecule has 0 aliphatic heterocycles. The number of thiazole rings is 1. The first-order chi connectivity index (χ1) is 10.2. The average Bonchev–Trinajstić information content (AvgIpc) is 2.90. The number of aliphatic imine (C=N–C) groups is 1. The molecule has 1 aromatic carbocycles. The van der Waals surface area contributed by atoms with E-state index in [0.29, 0.717) is 31.0 Å². The number of hydrogen-bond donors (Lipinski definition) is 2. The molecular formula is C15H20FIN4S. The number of guanidine groups is 1.